The van der Waals surface area contributed by atoms with Crippen molar-refractivity contribution in [1.29, 1.82) is 0 Å². The van der Waals surface area contributed by atoms with Gasteiger partial charge in [-0.05, 0) is 79.7 Å². The van der Waals surface area contributed by atoms with Crippen molar-refractivity contribution in [2.75, 3.05) is 32.7 Å². The predicted molar refractivity (Wildman–Crippen MR) is 184 cm³/mol. The van der Waals surface area contributed by atoms with E-state index in [9.17, 15) is 13.2 Å². The molecule has 7 nitrogen and oxygen atoms in total. The van der Waals surface area contributed by atoms with Crippen LogP contribution in [0, 0.1) is 0 Å². The summed E-state index contributed by atoms with van der Waals surface area (Å²) >= 11 is 0. The number of nitrogens with zero attached hydrogens (tertiary/aromatic N) is 3. The number of nitrogens with two attached hydrogens (primary N) is 1. The van der Waals surface area contributed by atoms with Crippen molar-refractivity contribution < 1.29 is 17.9 Å². The number of ether oxygens (including phenoxy) is 1. The summed E-state index contributed by atoms with van der Waals surface area (Å²) in [5.41, 5.74) is 12.7. The Labute approximate surface area is 280 Å². The summed E-state index contributed by atoms with van der Waals surface area (Å²) in [7, 11) is 0. The average Bonchev–Trinajstić information content (AvgIpc) is 3.76. The zero-order chi connectivity index (χ0) is 33.3. The molecule has 4 heterocycles. The number of piperazine rings is 1. The molecule has 3 aliphatic rings. The highest BCUT2D eigenvalue weighted by atomic mass is 19.4. The number of aryl methyl sites for hydroxylation is 1. The van der Waals surface area contributed by atoms with Crippen molar-refractivity contribution in [3.8, 4) is 16.9 Å². The highest BCUT2D eigenvalue weighted by molar-refractivity contribution is 5.96. The van der Waals surface area contributed by atoms with Crippen LogP contribution in [0.15, 0.2) is 91.3 Å². The molecule has 3 aliphatic heterocycles. The standard InChI is InChI=1S/C38H45F3N6O/c1-27(37(42)14-17-43-18-15-37)44-16-5-19-45-26-35(30-9-11-33(12-10-30)48-38(39,40)41)34-20-29(8-13-36(34)45)23-47-25-31-21-32(47)24-46(31)22-28-6-3-2-4-7-28/h2-4,6-13,20,26,31-32,43-44H,1,5,14-19,21-25,42H2. The van der Waals surface area contributed by atoms with Crippen LogP contribution >= 0.6 is 0 Å². The van der Waals surface area contributed by atoms with E-state index in [0.717, 1.165) is 99.3 Å². The lowest BCUT2D eigenvalue weighted by molar-refractivity contribution is -0.274. The molecule has 0 radical (unpaired) electrons. The maximum Gasteiger partial charge on any atom is 0.573 e. The molecule has 0 spiro atoms. The summed E-state index contributed by atoms with van der Waals surface area (Å²) in [6.07, 6.45) is 1.20. The Hall–Kier alpha value is -3.83. The second-order valence-electron chi connectivity index (χ2n) is 13.7. The van der Waals surface area contributed by atoms with Gasteiger partial charge in [-0.15, -0.1) is 13.2 Å². The molecule has 3 fully saturated rings. The van der Waals surface area contributed by atoms with Gasteiger partial charge in [0.2, 0.25) is 0 Å². The van der Waals surface area contributed by atoms with E-state index in [2.05, 4.69) is 91.0 Å². The third kappa shape index (κ3) is 7.27. The van der Waals surface area contributed by atoms with Gasteiger partial charge < -0.3 is 25.7 Å². The number of nitrogens with one attached hydrogen (secondary N) is 2. The van der Waals surface area contributed by atoms with E-state index in [1.165, 1.54) is 29.7 Å². The maximum atomic E-state index is 12.8. The van der Waals surface area contributed by atoms with Crippen LogP contribution in [0.4, 0.5) is 13.2 Å². The summed E-state index contributed by atoms with van der Waals surface area (Å²) in [5, 5.41) is 7.93. The molecule has 2 atom stereocenters. The Morgan fingerprint density at radius 2 is 1.62 bits per heavy atom. The number of fused-ring (bicyclic) bond motifs is 3. The Morgan fingerprint density at radius 3 is 2.29 bits per heavy atom. The second-order valence-corrected chi connectivity index (χ2v) is 13.7. The monoisotopic (exact) mass is 658 g/mol. The quantitative estimate of drug-likeness (QED) is 0.157. The first-order chi connectivity index (χ1) is 23.1. The van der Waals surface area contributed by atoms with E-state index in [4.69, 9.17) is 5.73 Å². The summed E-state index contributed by atoms with van der Waals surface area (Å²) < 4.78 is 44.9. The highest BCUT2D eigenvalue weighted by Crippen LogP contribution is 2.36. The largest absolute Gasteiger partial charge is 0.573 e. The molecule has 3 aromatic carbocycles. The van der Waals surface area contributed by atoms with Crippen LogP contribution in [-0.2, 0) is 19.6 Å². The van der Waals surface area contributed by atoms with Gasteiger partial charge in [-0.3, -0.25) is 9.80 Å². The van der Waals surface area contributed by atoms with Gasteiger partial charge in [0.15, 0.2) is 0 Å². The van der Waals surface area contributed by atoms with Gasteiger partial charge in [0.25, 0.3) is 0 Å². The molecule has 2 bridgehead atoms. The van der Waals surface area contributed by atoms with Gasteiger partial charge in [-0.1, -0.05) is 55.1 Å². The molecular weight excluding hydrogens is 613 g/mol. The molecule has 3 saturated heterocycles. The molecular formula is C38H45F3N6O. The van der Waals surface area contributed by atoms with Crippen LogP contribution in [0.5, 0.6) is 5.75 Å². The Bertz CT molecular complexity index is 1710. The zero-order valence-corrected chi connectivity index (χ0v) is 27.3. The van der Waals surface area contributed by atoms with Crippen LogP contribution in [0.2, 0.25) is 0 Å². The molecule has 2 unspecified atom stereocenters. The number of rotatable bonds is 12. The zero-order valence-electron chi connectivity index (χ0n) is 27.3. The van der Waals surface area contributed by atoms with E-state index in [0.29, 0.717) is 12.1 Å². The summed E-state index contributed by atoms with van der Waals surface area (Å²) in [5.74, 6) is -0.223. The van der Waals surface area contributed by atoms with E-state index in [-0.39, 0.29) is 11.3 Å². The molecule has 0 amide bonds. The third-order valence-corrected chi connectivity index (χ3v) is 10.4. The number of alkyl halides is 3. The van der Waals surface area contributed by atoms with E-state index in [1.807, 2.05) is 0 Å². The molecule has 4 N–H and O–H groups in total. The van der Waals surface area contributed by atoms with Crippen LogP contribution < -0.4 is 21.1 Å². The fourth-order valence-corrected chi connectivity index (χ4v) is 7.80. The smallest absolute Gasteiger partial charge is 0.406 e. The molecule has 1 aromatic heterocycles. The predicted octanol–water partition coefficient (Wildman–Crippen LogP) is 6.24. The fraction of sp³-hybridized carbons (Fsp3) is 0.421. The summed E-state index contributed by atoms with van der Waals surface area (Å²) in [4.78, 5) is 5.23. The number of halogens is 3. The van der Waals surface area contributed by atoms with Gasteiger partial charge in [0, 0.05) is 79.7 Å². The lowest BCUT2D eigenvalue weighted by Crippen LogP contribution is -2.53. The average molecular weight is 659 g/mol. The van der Waals surface area contributed by atoms with Gasteiger partial charge in [0.05, 0.1) is 5.54 Å². The lowest BCUT2D eigenvalue weighted by atomic mass is 9.86. The van der Waals surface area contributed by atoms with Crippen molar-refractivity contribution in [2.45, 2.75) is 69.3 Å². The minimum atomic E-state index is -4.73. The van der Waals surface area contributed by atoms with Gasteiger partial charge in [-0.25, -0.2) is 0 Å². The van der Waals surface area contributed by atoms with Crippen LogP contribution in [-0.4, -0.2) is 71.1 Å². The number of hydrogen-bond donors (Lipinski definition) is 3. The molecule has 4 aromatic rings. The SMILES string of the molecule is C=C(NCCCn1cc(-c2ccc(OC(F)(F)F)cc2)c2cc(CN3CC4CC3CN4Cc3ccccc3)ccc21)C1(N)CCNCC1. The second kappa shape index (κ2) is 13.6. The Kier molecular flexibility index (Phi) is 9.26. The number of hydrogen-bond acceptors (Lipinski definition) is 6. The normalized spacial score (nSPS) is 21.2. The maximum absolute atomic E-state index is 12.8. The minimum absolute atomic E-state index is 0.223. The lowest BCUT2D eigenvalue weighted by Gasteiger charge is -2.36. The van der Waals surface area contributed by atoms with E-state index < -0.39 is 6.36 Å². The van der Waals surface area contributed by atoms with Crippen LogP contribution in [0.25, 0.3) is 22.0 Å². The van der Waals surface area contributed by atoms with Crippen molar-refractivity contribution in [3.63, 3.8) is 0 Å². The van der Waals surface area contributed by atoms with Crippen molar-refractivity contribution in [3.05, 3.63) is 102 Å². The fourth-order valence-electron chi connectivity index (χ4n) is 7.80. The topological polar surface area (TPSA) is 70.7 Å². The first-order valence-electron chi connectivity index (χ1n) is 17.1. The van der Waals surface area contributed by atoms with Crippen molar-refractivity contribution >= 4 is 10.9 Å². The van der Waals surface area contributed by atoms with Gasteiger partial charge >= 0.3 is 6.36 Å². The van der Waals surface area contributed by atoms with E-state index in [1.54, 1.807) is 12.1 Å². The number of aromatic nitrogens is 1. The van der Waals surface area contributed by atoms with E-state index >= 15 is 0 Å². The van der Waals surface area contributed by atoms with Crippen LogP contribution in [0.1, 0.15) is 36.8 Å². The van der Waals surface area contributed by atoms with Crippen molar-refractivity contribution in [2.24, 2.45) is 5.73 Å². The summed E-state index contributed by atoms with van der Waals surface area (Å²) in [6.45, 7) is 11.6. The van der Waals surface area contributed by atoms with Gasteiger partial charge in [-0.2, -0.15) is 0 Å². The molecule has 254 valence electrons. The minimum Gasteiger partial charge on any atom is -0.406 e. The third-order valence-electron chi connectivity index (χ3n) is 10.4. The first kappa shape index (κ1) is 32.7. The van der Waals surface area contributed by atoms with Crippen molar-refractivity contribution in [1.82, 2.24) is 25.0 Å². The number of piperidine rings is 1. The molecule has 10 heteroatoms. The molecule has 0 aliphatic carbocycles. The van der Waals surface area contributed by atoms with Gasteiger partial charge in [0.1, 0.15) is 5.75 Å². The van der Waals surface area contributed by atoms with Crippen LogP contribution in [0.3, 0.4) is 0 Å². The highest BCUT2D eigenvalue weighted by Gasteiger charge is 2.42. The molecule has 48 heavy (non-hydrogen) atoms. The molecule has 0 saturated carbocycles. The Morgan fingerprint density at radius 1 is 0.938 bits per heavy atom. The number of likely N-dealkylation sites (tertiary alicyclic amines) is 2. The number of benzene rings is 3. The molecule has 7 rings (SSSR count). The summed E-state index contributed by atoms with van der Waals surface area (Å²) in [6, 6.07) is 24.7. The first-order valence-corrected chi connectivity index (χ1v) is 17.1. The Balaban J connectivity index is 1.06.